The van der Waals surface area contributed by atoms with Crippen molar-refractivity contribution >= 4 is 32.6 Å². The van der Waals surface area contributed by atoms with Gasteiger partial charge in [0.1, 0.15) is 0 Å². The van der Waals surface area contributed by atoms with Crippen LogP contribution in [0.1, 0.15) is 0 Å². The molecule has 0 spiro atoms. The Bertz CT molecular complexity index is 658. The minimum absolute atomic E-state index is 0.379. The highest BCUT2D eigenvalue weighted by atomic mass is 127. The molecule has 0 radical (unpaired) electrons. The van der Waals surface area contributed by atoms with Crippen LogP contribution in [0.3, 0.4) is 0 Å². The highest BCUT2D eigenvalue weighted by Gasteiger charge is 2.28. The Morgan fingerprint density at radius 3 is 2.12 bits per heavy atom. The highest BCUT2D eigenvalue weighted by Crippen LogP contribution is 2.18. The summed E-state index contributed by atoms with van der Waals surface area (Å²) >= 11 is 2.18. The lowest BCUT2D eigenvalue weighted by Gasteiger charge is -2.35. The van der Waals surface area contributed by atoms with E-state index in [1.807, 2.05) is 24.3 Å². The van der Waals surface area contributed by atoms with Crippen LogP contribution < -0.4 is 0 Å². The molecule has 0 N–H and O–H groups in total. The van der Waals surface area contributed by atoms with Gasteiger partial charge in [0.15, 0.2) is 0 Å². The lowest BCUT2D eigenvalue weighted by atomic mass is 10.3. The van der Waals surface area contributed by atoms with E-state index in [4.69, 9.17) is 0 Å². The van der Waals surface area contributed by atoms with Crippen molar-refractivity contribution in [3.05, 3.63) is 53.1 Å². The summed E-state index contributed by atoms with van der Waals surface area (Å²) in [4.78, 5) is 4.97. The van der Waals surface area contributed by atoms with Gasteiger partial charge in [-0.3, -0.25) is 9.80 Å². The molecule has 1 aromatic carbocycles. The number of benzene rings is 1. The summed E-state index contributed by atoms with van der Waals surface area (Å²) in [6.07, 6.45) is 3.80. The third kappa shape index (κ3) is 5.89. The summed E-state index contributed by atoms with van der Waals surface area (Å²) in [5.41, 5.74) is 0. The molecular formula is C18H26IN3O2S. The van der Waals surface area contributed by atoms with Crippen LogP contribution in [0, 0.1) is 3.57 Å². The molecule has 5 nitrogen and oxygen atoms in total. The molecule has 0 aliphatic carbocycles. The standard InChI is InChI=1S/C18H26IN3O2S/c1-3-9-20(10-4-2)11-12-21-13-15-22(16-14-21)25(23,24)18-7-5-17(19)6-8-18/h3-8H,1-2,9-16H2. The molecule has 0 amide bonds. The van der Waals surface area contributed by atoms with Gasteiger partial charge >= 0.3 is 0 Å². The van der Waals surface area contributed by atoms with Crippen molar-refractivity contribution in [3.8, 4) is 0 Å². The van der Waals surface area contributed by atoms with E-state index in [0.717, 1.165) is 42.8 Å². The zero-order valence-corrected chi connectivity index (χ0v) is 17.5. The van der Waals surface area contributed by atoms with Crippen LogP contribution in [0.2, 0.25) is 0 Å². The van der Waals surface area contributed by atoms with Crippen LogP contribution in [0.15, 0.2) is 54.5 Å². The first-order valence-electron chi connectivity index (χ1n) is 8.39. The maximum Gasteiger partial charge on any atom is 0.243 e. The number of sulfonamides is 1. The number of halogens is 1. The second kappa shape index (κ2) is 9.82. The van der Waals surface area contributed by atoms with Crippen molar-refractivity contribution in [2.45, 2.75) is 4.90 Å². The molecule has 0 atom stereocenters. The predicted molar refractivity (Wildman–Crippen MR) is 111 cm³/mol. The summed E-state index contributed by atoms with van der Waals surface area (Å²) in [6, 6.07) is 7.03. The zero-order valence-electron chi connectivity index (χ0n) is 14.5. The molecule has 0 unspecified atom stereocenters. The fraction of sp³-hybridized carbons (Fsp3) is 0.444. The minimum atomic E-state index is -3.38. The van der Waals surface area contributed by atoms with E-state index in [9.17, 15) is 8.42 Å². The van der Waals surface area contributed by atoms with Gasteiger partial charge in [-0.2, -0.15) is 4.31 Å². The third-order valence-electron chi connectivity index (χ3n) is 4.29. The Labute approximate surface area is 165 Å². The van der Waals surface area contributed by atoms with E-state index in [1.54, 1.807) is 16.4 Å². The Kier molecular flexibility index (Phi) is 8.08. The van der Waals surface area contributed by atoms with Crippen molar-refractivity contribution in [3.63, 3.8) is 0 Å². The van der Waals surface area contributed by atoms with Crippen LogP contribution in [0.5, 0.6) is 0 Å². The number of hydrogen-bond donors (Lipinski definition) is 0. The van der Waals surface area contributed by atoms with Gasteiger partial charge in [0, 0.05) is 55.9 Å². The zero-order chi connectivity index (χ0) is 18.3. The molecule has 0 saturated carbocycles. The van der Waals surface area contributed by atoms with Gasteiger partial charge in [0.05, 0.1) is 4.90 Å². The van der Waals surface area contributed by atoms with E-state index >= 15 is 0 Å². The lowest BCUT2D eigenvalue weighted by Crippen LogP contribution is -2.50. The first-order chi connectivity index (χ1) is 12.0. The molecular weight excluding hydrogens is 449 g/mol. The van der Waals surface area contributed by atoms with E-state index in [1.165, 1.54) is 0 Å². The smallest absolute Gasteiger partial charge is 0.243 e. The van der Waals surface area contributed by atoms with Gasteiger partial charge in [0.25, 0.3) is 0 Å². The summed E-state index contributed by atoms with van der Waals surface area (Å²) in [5, 5.41) is 0. The fourth-order valence-electron chi connectivity index (χ4n) is 2.85. The number of rotatable bonds is 9. The summed E-state index contributed by atoms with van der Waals surface area (Å²) < 4.78 is 28.1. The number of hydrogen-bond acceptors (Lipinski definition) is 4. The number of piperazine rings is 1. The average Bonchev–Trinajstić information content (AvgIpc) is 2.61. The van der Waals surface area contributed by atoms with Crippen molar-refractivity contribution in [2.75, 3.05) is 52.4 Å². The molecule has 2 rings (SSSR count). The first-order valence-corrected chi connectivity index (χ1v) is 10.9. The maximum absolute atomic E-state index is 12.7. The molecule has 1 heterocycles. The fourth-order valence-corrected chi connectivity index (χ4v) is 4.64. The average molecular weight is 475 g/mol. The normalized spacial score (nSPS) is 16.9. The molecule has 1 aromatic rings. The Morgan fingerprint density at radius 1 is 1.04 bits per heavy atom. The molecule has 138 valence electrons. The first kappa shape index (κ1) is 20.6. The topological polar surface area (TPSA) is 43.9 Å². The minimum Gasteiger partial charge on any atom is -0.299 e. The molecule has 0 aromatic heterocycles. The monoisotopic (exact) mass is 475 g/mol. The van der Waals surface area contributed by atoms with Crippen molar-refractivity contribution in [1.29, 1.82) is 0 Å². The van der Waals surface area contributed by atoms with E-state index in [2.05, 4.69) is 45.5 Å². The molecule has 25 heavy (non-hydrogen) atoms. The largest absolute Gasteiger partial charge is 0.299 e. The summed E-state index contributed by atoms with van der Waals surface area (Å²) in [6.45, 7) is 13.7. The van der Waals surface area contributed by atoms with Crippen molar-refractivity contribution in [2.24, 2.45) is 0 Å². The second-order valence-electron chi connectivity index (χ2n) is 6.04. The second-order valence-corrected chi connectivity index (χ2v) is 9.22. The molecule has 0 bridgehead atoms. The Hall–Kier alpha value is -0.740. The van der Waals surface area contributed by atoms with E-state index < -0.39 is 10.0 Å². The molecule has 7 heteroatoms. The quantitative estimate of drug-likeness (QED) is 0.406. The van der Waals surface area contributed by atoms with Crippen molar-refractivity contribution < 1.29 is 8.42 Å². The molecule has 1 aliphatic rings. The van der Waals surface area contributed by atoms with Gasteiger partial charge in [-0.1, -0.05) is 12.2 Å². The van der Waals surface area contributed by atoms with Gasteiger partial charge < -0.3 is 0 Å². The van der Waals surface area contributed by atoms with E-state index in [-0.39, 0.29) is 0 Å². The van der Waals surface area contributed by atoms with Crippen LogP contribution in [-0.4, -0.2) is 74.9 Å². The predicted octanol–water partition coefficient (Wildman–Crippen LogP) is 2.27. The maximum atomic E-state index is 12.7. The van der Waals surface area contributed by atoms with Crippen LogP contribution in [0.4, 0.5) is 0 Å². The Balaban J connectivity index is 1.87. The van der Waals surface area contributed by atoms with Gasteiger partial charge in [-0.15, -0.1) is 13.2 Å². The lowest BCUT2D eigenvalue weighted by molar-refractivity contribution is 0.167. The van der Waals surface area contributed by atoms with Gasteiger partial charge in [-0.25, -0.2) is 8.42 Å². The Morgan fingerprint density at radius 2 is 1.60 bits per heavy atom. The molecule has 1 saturated heterocycles. The van der Waals surface area contributed by atoms with E-state index in [0.29, 0.717) is 18.0 Å². The number of nitrogens with zero attached hydrogens (tertiary/aromatic N) is 3. The van der Waals surface area contributed by atoms with Crippen molar-refractivity contribution in [1.82, 2.24) is 14.1 Å². The van der Waals surface area contributed by atoms with Gasteiger partial charge in [0.2, 0.25) is 10.0 Å². The SMILES string of the molecule is C=CCN(CC=C)CCN1CCN(S(=O)(=O)c2ccc(I)cc2)CC1. The van der Waals surface area contributed by atoms with Crippen LogP contribution in [0.25, 0.3) is 0 Å². The van der Waals surface area contributed by atoms with Crippen LogP contribution in [-0.2, 0) is 10.0 Å². The third-order valence-corrected chi connectivity index (χ3v) is 6.92. The summed E-state index contributed by atoms with van der Waals surface area (Å²) in [7, 11) is -3.38. The molecule has 1 fully saturated rings. The summed E-state index contributed by atoms with van der Waals surface area (Å²) in [5.74, 6) is 0. The van der Waals surface area contributed by atoms with Crippen LogP contribution >= 0.6 is 22.6 Å². The highest BCUT2D eigenvalue weighted by molar-refractivity contribution is 14.1. The van der Waals surface area contributed by atoms with Gasteiger partial charge in [-0.05, 0) is 46.9 Å². The molecule has 1 aliphatic heterocycles.